The van der Waals surface area contributed by atoms with Gasteiger partial charge in [-0.25, -0.2) is 4.98 Å². The molecule has 2 unspecified atom stereocenters. The highest BCUT2D eigenvalue weighted by Crippen LogP contribution is 2.19. The number of aryl methyl sites for hydroxylation is 1. The Balaban J connectivity index is 1.96. The minimum atomic E-state index is -0.523. The van der Waals surface area contributed by atoms with Gasteiger partial charge in [-0.1, -0.05) is 6.07 Å². The normalized spacial score (nSPS) is 20.0. The fourth-order valence-corrected chi connectivity index (χ4v) is 2.45. The number of carbonyl (C=O) groups excluding carboxylic acids is 2. The summed E-state index contributed by atoms with van der Waals surface area (Å²) in [7, 11) is 0. The first-order chi connectivity index (χ1) is 9.97. The van der Waals surface area contributed by atoms with Gasteiger partial charge in [0, 0.05) is 19.3 Å². The molecule has 21 heavy (non-hydrogen) atoms. The van der Waals surface area contributed by atoms with Crippen molar-refractivity contribution in [3.63, 3.8) is 0 Å². The second kappa shape index (κ2) is 6.67. The molecule has 2 atom stereocenters. The van der Waals surface area contributed by atoms with Crippen molar-refractivity contribution >= 4 is 17.6 Å². The number of nitrogens with one attached hydrogen (secondary N) is 1. The molecule has 0 radical (unpaired) electrons. The molecule has 1 fully saturated rings. The number of hydrogen-bond acceptors (Lipinski definition) is 4. The van der Waals surface area contributed by atoms with Gasteiger partial charge in [-0.3, -0.25) is 9.59 Å². The van der Waals surface area contributed by atoms with E-state index in [1.54, 1.807) is 24.1 Å². The van der Waals surface area contributed by atoms with Crippen molar-refractivity contribution in [1.29, 1.82) is 0 Å². The third-order valence-electron chi connectivity index (χ3n) is 3.66. The van der Waals surface area contributed by atoms with E-state index in [-0.39, 0.29) is 17.7 Å². The van der Waals surface area contributed by atoms with Crippen molar-refractivity contribution < 1.29 is 9.59 Å². The van der Waals surface area contributed by atoms with Gasteiger partial charge in [-0.15, -0.1) is 0 Å². The third-order valence-corrected chi connectivity index (χ3v) is 3.66. The van der Waals surface area contributed by atoms with Gasteiger partial charge < -0.3 is 16.0 Å². The Hall–Kier alpha value is -1.95. The zero-order chi connectivity index (χ0) is 15.4. The van der Waals surface area contributed by atoms with Crippen LogP contribution in [-0.4, -0.2) is 40.8 Å². The minimum Gasteiger partial charge on any atom is -0.341 e. The summed E-state index contributed by atoms with van der Waals surface area (Å²) in [5, 5.41) is 2.81. The summed E-state index contributed by atoms with van der Waals surface area (Å²) in [6.45, 7) is 4.71. The van der Waals surface area contributed by atoms with E-state index < -0.39 is 6.04 Å². The maximum Gasteiger partial charge on any atom is 0.239 e. The lowest BCUT2D eigenvalue weighted by Crippen LogP contribution is -2.48. The van der Waals surface area contributed by atoms with Crippen LogP contribution in [0.15, 0.2) is 18.3 Å². The van der Waals surface area contributed by atoms with Crippen molar-refractivity contribution in [2.75, 3.05) is 18.4 Å². The number of hydrogen-bond donors (Lipinski definition) is 2. The molecule has 1 aliphatic heterocycles. The average Bonchev–Trinajstić information content (AvgIpc) is 2.48. The van der Waals surface area contributed by atoms with Crippen LogP contribution in [0, 0.1) is 12.8 Å². The summed E-state index contributed by atoms with van der Waals surface area (Å²) in [6, 6.07) is 3.15. The fourth-order valence-electron chi connectivity index (χ4n) is 2.45. The van der Waals surface area contributed by atoms with E-state index in [1.807, 2.05) is 13.0 Å². The maximum absolute atomic E-state index is 12.3. The third kappa shape index (κ3) is 4.01. The van der Waals surface area contributed by atoms with Crippen molar-refractivity contribution in [3.8, 4) is 0 Å². The number of aromatic nitrogens is 1. The number of amides is 2. The summed E-state index contributed by atoms with van der Waals surface area (Å²) < 4.78 is 0. The Morgan fingerprint density at radius 1 is 1.48 bits per heavy atom. The van der Waals surface area contributed by atoms with Crippen LogP contribution in [0.2, 0.25) is 0 Å². The van der Waals surface area contributed by atoms with E-state index in [9.17, 15) is 9.59 Å². The zero-order valence-corrected chi connectivity index (χ0v) is 12.5. The van der Waals surface area contributed by atoms with E-state index in [4.69, 9.17) is 5.73 Å². The van der Waals surface area contributed by atoms with Crippen molar-refractivity contribution in [2.24, 2.45) is 11.7 Å². The molecule has 0 bridgehead atoms. The molecule has 0 saturated carbocycles. The number of likely N-dealkylation sites (tertiary alicyclic amines) is 1. The fraction of sp³-hybridized carbons (Fsp3) is 0.533. The molecule has 3 N–H and O–H groups in total. The number of nitrogens with zero attached hydrogens (tertiary/aromatic N) is 2. The Morgan fingerprint density at radius 2 is 2.24 bits per heavy atom. The maximum atomic E-state index is 12.3. The van der Waals surface area contributed by atoms with Crippen molar-refractivity contribution in [3.05, 3.63) is 23.9 Å². The molecule has 1 saturated heterocycles. The molecule has 2 amide bonds. The van der Waals surface area contributed by atoms with Crippen LogP contribution >= 0.6 is 0 Å². The van der Waals surface area contributed by atoms with Crippen LogP contribution in [-0.2, 0) is 9.59 Å². The van der Waals surface area contributed by atoms with Crippen LogP contribution < -0.4 is 11.1 Å². The van der Waals surface area contributed by atoms with Crippen molar-refractivity contribution in [2.45, 2.75) is 32.7 Å². The standard InChI is InChI=1S/C15H22N4O2/c1-10-5-6-13(17-8-10)18-14(20)12-4-3-7-19(9-12)15(21)11(2)16/h5-6,8,11-12H,3-4,7,9,16H2,1-2H3,(H,17,18,20). The molecule has 1 aromatic rings. The molecule has 2 heterocycles. The lowest BCUT2D eigenvalue weighted by Gasteiger charge is -2.33. The number of piperidine rings is 1. The van der Waals surface area contributed by atoms with Crippen LogP contribution in [0.5, 0.6) is 0 Å². The van der Waals surface area contributed by atoms with Gasteiger partial charge >= 0.3 is 0 Å². The summed E-state index contributed by atoms with van der Waals surface area (Å²) in [6.07, 6.45) is 3.31. The topological polar surface area (TPSA) is 88.3 Å². The van der Waals surface area contributed by atoms with E-state index >= 15 is 0 Å². The molecule has 0 spiro atoms. The molecule has 2 rings (SSSR count). The van der Waals surface area contributed by atoms with E-state index in [2.05, 4.69) is 10.3 Å². The molecule has 114 valence electrons. The van der Waals surface area contributed by atoms with Crippen LogP contribution in [0.1, 0.15) is 25.3 Å². The monoisotopic (exact) mass is 290 g/mol. The molecular weight excluding hydrogens is 268 g/mol. The van der Waals surface area contributed by atoms with Gasteiger partial charge in [0.1, 0.15) is 5.82 Å². The number of nitrogens with two attached hydrogens (primary N) is 1. The van der Waals surface area contributed by atoms with Gasteiger partial charge in [-0.05, 0) is 38.3 Å². The first-order valence-corrected chi connectivity index (χ1v) is 7.25. The lowest BCUT2D eigenvalue weighted by atomic mass is 9.96. The van der Waals surface area contributed by atoms with Crippen LogP contribution in [0.4, 0.5) is 5.82 Å². The molecule has 0 aromatic carbocycles. The summed E-state index contributed by atoms with van der Waals surface area (Å²) in [5.74, 6) is 0.153. The second-order valence-electron chi connectivity index (χ2n) is 5.62. The summed E-state index contributed by atoms with van der Waals surface area (Å²) >= 11 is 0. The molecule has 1 aromatic heterocycles. The molecule has 6 nitrogen and oxygen atoms in total. The molecule has 6 heteroatoms. The quantitative estimate of drug-likeness (QED) is 0.866. The van der Waals surface area contributed by atoms with E-state index in [0.717, 1.165) is 18.4 Å². The lowest BCUT2D eigenvalue weighted by molar-refractivity contribution is -0.135. The Labute approximate surface area is 124 Å². The second-order valence-corrected chi connectivity index (χ2v) is 5.62. The van der Waals surface area contributed by atoms with Gasteiger partial charge in [0.2, 0.25) is 11.8 Å². The smallest absolute Gasteiger partial charge is 0.239 e. The van der Waals surface area contributed by atoms with E-state index in [0.29, 0.717) is 18.9 Å². The van der Waals surface area contributed by atoms with Gasteiger partial charge in [0.25, 0.3) is 0 Å². The average molecular weight is 290 g/mol. The van der Waals surface area contributed by atoms with Crippen LogP contribution in [0.3, 0.4) is 0 Å². The van der Waals surface area contributed by atoms with Crippen LogP contribution in [0.25, 0.3) is 0 Å². The highest BCUT2D eigenvalue weighted by atomic mass is 16.2. The van der Waals surface area contributed by atoms with Gasteiger partial charge in [0.15, 0.2) is 0 Å². The Bertz CT molecular complexity index is 513. The predicted octanol–water partition coefficient (Wildman–Crippen LogP) is 0.914. The molecule has 0 aliphatic carbocycles. The zero-order valence-electron chi connectivity index (χ0n) is 12.5. The largest absolute Gasteiger partial charge is 0.341 e. The number of carbonyl (C=O) groups is 2. The predicted molar refractivity (Wildman–Crippen MR) is 80.6 cm³/mol. The molecular formula is C15H22N4O2. The number of pyridine rings is 1. The van der Waals surface area contributed by atoms with Gasteiger partial charge in [0.05, 0.1) is 12.0 Å². The number of rotatable bonds is 3. The first kappa shape index (κ1) is 15.4. The number of anilines is 1. The Kier molecular flexibility index (Phi) is 4.90. The summed E-state index contributed by atoms with van der Waals surface area (Å²) in [4.78, 5) is 30.0. The highest BCUT2D eigenvalue weighted by molar-refractivity contribution is 5.92. The van der Waals surface area contributed by atoms with Crippen molar-refractivity contribution in [1.82, 2.24) is 9.88 Å². The first-order valence-electron chi connectivity index (χ1n) is 7.25. The summed E-state index contributed by atoms with van der Waals surface area (Å²) in [5.41, 5.74) is 6.67. The molecule has 1 aliphatic rings. The highest BCUT2D eigenvalue weighted by Gasteiger charge is 2.29. The van der Waals surface area contributed by atoms with E-state index in [1.165, 1.54) is 0 Å². The SMILES string of the molecule is Cc1ccc(NC(=O)C2CCCN(C(=O)C(C)N)C2)nc1. The Morgan fingerprint density at radius 3 is 2.86 bits per heavy atom. The minimum absolute atomic E-state index is 0.0893. The van der Waals surface area contributed by atoms with Gasteiger partial charge in [-0.2, -0.15) is 0 Å².